The molecule has 1 aliphatic rings. The van der Waals surface area contributed by atoms with Crippen molar-refractivity contribution in [2.75, 3.05) is 13.2 Å². The predicted octanol–water partition coefficient (Wildman–Crippen LogP) is 7.32. The largest absolute Gasteiger partial charge is 0.394 e. The summed E-state index contributed by atoms with van der Waals surface area (Å²) in [7, 11) is 0. The maximum absolute atomic E-state index is 13.0. The van der Waals surface area contributed by atoms with E-state index in [4.69, 9.17) is 9.47 Å². The molecule has 11 heteroatoms. The summed E-state index contributed by atoms with van der Waals surface area (Å²) < 4.78 is 11.1. The number of amides is 1. The maximum Gasteiger partial charge on any atom is 0.220 e. The zero-order valence-electron chi connectivity index (χ0n) is 35.1. The van der Waals surface area contributed by atoms with E-state index in [1.807, 2.05) is 0 Å². The number of unbranched alkanes of at least 4 members (excludes halogenated alkanes) is 23. The second kappa shape index (κ2) is 34.8. The van der Waals surface area contributed by atoms with Crippen molar-refractivity contribution in [3.8, 4) is 0 Å². The number of hydrogen-bond acceptors (Lipinski definition) is 10. The normalized spacial score (nSPS) is 21.7. The standard InChI is InChI=1S/C44H85NO10/c1-3-5-7-9-10-11-12-13-17-20-23-27-31-37(48)40(50)36(34-54-44-43(53)42(52)41(51)38(33-46)55-44)45-39(49)32-28-24-21-18-15-14-16-19-22-26-30-35(47)29-25-8-6-4-2/h36-38,40-44,46,48,50-53H,3-34H2,1-2H3,(H,45,49)/t36?,37?,38-,40?,41+,42+,43-,44+/m1/s1. The van der Waals surface area contributed by atoms with Crippen molar-refractivity contribution in [2.24, 2.45) is 0 Å². The molecule has 11 nitrogen and oxygen atoms in total. The first-order valence-electron chi connectivity index (χ1n) is 22.7. The van der Waals surface area contributed by atoms with E-state index in [0.29, 0.717) is 18.6 Å². The number of carbonyl (C=O) groups is 2. The Hall–Kier alpha value is -1.18. The van der Waals surface area contributed by atoms with Gasteiger partial charge in [0.1, 0.15) is 36.3 Å². The van der Waals surface area contributed by atoms with Crippen molar-refractivity contribution >= 4 is 11.7 Å². The smallest absolute Gasteiger partial charge is 0.220 e. The number of rotatable bonds is 38. The minimum absolute atomic E-state index is 0.259. The van der Waals surface area contributed by atoms with Crippen molar-refractivity contribution in [3.05, 3.63) is 0 Å². The van der Waals surface area contributed by atoms with Gasteiger partial charge in [-0.25, -0.2) is 0 Å². The van der Waals surface area contributed by atoms with Crippen LogP contribution in [0.15, 0.2) is 0 Å². The van der Waals surface area contributed by atoms with Gasteiger partial charge in [0.05, 0.1) is 25.4 Å². The molecule has 0 aliphatic carbocycles. The molecular formula is C44H85NO10. The number of hydrogen-bond donors (Lipinski definition) is 7. The Labute approximate surface area is 334 Å². The Balaban J connectivity index is 2.39. The van der Waals surface area contributed by atoms with E-state index in [-0.39, 0.29) is 18.9 Å². The summed E-state index contributed by atoms with van der Waals surface area (Å²) in [5.74, 6) is 0.138. The summed E-state index contributed by atoms with van der Waals surface area (Å²) in [6.07, 6.45) is 21.8. The SMILES string of the molecule is CCCCCCCCCCCCCCC(O)C(O)C(CO[C@H]1O[C@H](CO)[C@H](O)[C@H](O)[C@H]1O)NC(=O)CCCCCCCCCCCCC(=O)CCCCCC. The molecule has 0 aromatic rings. The van der Waals surface area contributed by atoms with Crippen molar-refractivity contribution in [1.82, 2.24) is 5.32 Å². The van der Waals surface area contributed by atoms with Gasteiger partial charge in [-0.05, 0) is 25.7 Å². The Kier molecular flexibility index (Phi) is 32.8. The predicted molar refractivity (Wildman–Crippen MR) is 219 cm³/mol. The lowest BCUT2D eigenvalue weighted by molar-refractivity contribution is -0.303. The monoisotopic (exact) mass is 788 g/mol. The molecule has 0 spiro atoms. The third kappa shape index (κ3) is 25.7. The van der Waals surface area contributed by atoms with E-state index < -0.39 is 55.6 Å². The quantitative estimate of drug-likeness (QED) is 0.0313. The number of Topliss-reactive ketones (excluding diaryl/α,β-unsaturated/α-hetero) is 1. The Morgan fingerprint density at radius 2 is 1.00 bits per heavy atom. The fourth-order valence-corrected chi connectivity index (χ4v) is 7.44. The van der Waals surface area contributed by atoms with Crippen LogP contribution < -0.4 is 5.32 Å². The van der Waals surface area contributed by atoms with Crippen LogP contribution in [0.5, 0.6) is 0 Å². The molecule has 3 unspecified atom stereocenters. The van der Waals surface area contributed by atoms with Gasteiger partial charge in [0.25, 0.3) is 0 Å². The van der Waals surface area contributed by atoms with Crippen LogP contribution in [-0.2, 0) is 19.1 Å². The van der Waals surface area contributed by atoms with Crippen molar-refractivity contribution in [1.29, 1.82) is 0 Å². The molecule has 326 valence electrons. The molecule has 0 aromatic carbocycles. The highest BCUT2D eigenvalue weighted by molar-refractivity contribution is 5.78. The lowest BCUT2D eigenvalue weighted by atomic mass is 9.98. The lowest BCUT2D eigenvalue weighted by Gasteiger charge is -2.40. The fourth-order valence-electron chi connectivity index (χ4n) is 7.44. The molecule has 55 heavy (non-hydrogen) atoms. The highest BCUT2D eigenvalue weighted by atomic mass is 16.7. The third-order valence-corrected chi connectivity index (χ3v) is 11.2. The molecule has 1 rings (SSSR count). The summed E-state index contributed by atoms with van der Waals surface area (Å²) in [4.78, 5) is 25.0. The minimum atomic E-state index is -1.61. The highest BCUT2D eigenvalue weighted by Crippen LogP contribution is 2.23. The average molecular weight is 788 g/mol. The Morgan fingerprint density at radius 3 is 1.47 bits per heavy atom. The number of nitrogens with one attached hydrogen (secondary N) is 1. The lowest BCUT2D eigenvalue weighted by Crippen LogP contribution is -2.60. The minimum Gasteiger partial charge on any atom is -0.394 e. The van der Waals surface area contributed by atoms with Crippen LogP contribution in [0.3, 0.4) is 0 Å². The second-order valence-corrected chi connectivity index (χ2v) is 16.3. The molecule has 1 fully saturated rings. The number of carbonyl (C=O) groups excluding carboxylic acids is 2. The third-order valence-electron chi connectivity index (χ3n) is 11.2. The van der Waals surface area contributed by atoms with Crippen LogP contribution in [0.25, 0.3) is 0 Å². The van der Waals surface area contributed by atoms with Crippen molar-refractivity contribution in [2.45, 2.75) is 255 Å². The first kappa shape index (κ1) is 51.8. The molecule has 1 amide bonds. The molecule has 1 saturated heterocycles. The zero-order valence-corrected chi connectivity index (χ0v) is 35.1. The molecule has 1 heterocycles. The average Bonchev–Trinajstić information content (AvgIpc) is 3.18. The maximum atomic E-state index is 13.0. The summed E-state index contributed by atoms with van der Waals surface area (Å²) in [5.41, 5.74) is 0. The molecule has 0 saturated carbocycles. The van der Waals surface area contributed by atoms with E-state index in [2.05, 4.69) is 19.2 Å². The van der Waals surface area contributed by atoms with E-state index in [9.17, 15) is 40.2 Å². The highest BCUT2D eigenvalue weighted by Gasteiger charge is 2.44. The van der Waals surface area contributed by atoms with Gasteiger partial charge in [0.15, 0.2) is 6.29 Å². The summed E-state index contributed by atoms with van der Waals surface area (Å²) in [5, 5.41) is 65.0. The summed E-state index contributed by atoms with van der Waals surface area (Å²) in [6.45, 7) is 3.49. The van der Waals surface area contributed by atoms with Crippen molar-refractivity contribution in [3.63, 3.8) is 0 Å². The van der Waals surface area contributed by atoms with Crippen molar-refractivity contribution < 1.29 is 49.7 Å². The fraction of sp³-hybridized carbons (Fsp3) is 0.955. The van der Waals surface area contributed by atoms with Gasteiger partial charge in [0, 0.05) is 19.3 Å². The van der Waals surface area contributed by atoms with Gasteiger partial charge in [-0.1, -0.05) is 162 Å². The number of ether oxygens (including phenoxy) is 2. The first-order chi connectivity index (χ1) is 26.7. The van der Waals surface area contributed by atoms with Crippen LogP contribution in [0.1, 0.15) is 206 Å². The number of aliphatic hydroxyl groups excluding tert-OH is 6. The van der Waals surface area contributed by atoms with E-state index in [1.165, 1.54) is 83.5 Å². The van der Waals surface area contributed by atoms with Crippen LogP contribution in [0.4, 0.5) is 0 Å². The van der Waals surface area contributed by atoms with Crippen LogP contribution in [-0.4, -0.2) is 104 Å². The Morgan fingerprint density at radius 1 is 0.582 bits per heavy atom. The van der Waals surface area contributed by atoms with Crippen LogP contribution >= 0.6 is 0 Å². The summed E-state index contributed by atoms with van der Waals surface area (Å²) in [6, 6.07) is -1.00. The van der Waals surface area contributed by atoms with Crippen LogP contribution in [0.2, 0.25) is 0 Å². The number of ketones is 1. The van der Waals surface area contributed by atoms with Gasteiger partial charge in [-0.3, -0.25) is 9.59 Å². The molecule has 1 aliphatic heterocycles. The first-order valence-corrected chi connectivity index (χ1v) is 22.7. The molecule has 0 bridgehead atoms. The zero-order chi connectivity index (χ0) is 40.5. The molecule has 0 radical (unpaired) electrons. The molecule has 8 atom stereocenters. The molecular weight excluding hydrogens is 702 g/mol. The van der Waals surface area contributed by atoms with Gasteiger partial charge in [-0.15, -0.1) is 0 Å². The second-order valence-electron chi connectivity index (χ2n) is 16.3. The topological polar surface area (TPSA) is 186 Å². The molecule has 7 N–H and O–H groups in total. The summed E-state index contributed by atoms with van der Waals surface area (Å²) >= 11 is 0. The van der Waals surface area contributed by atoms with E-state index in [1.54, 1.807) is 0 Å². The molecule has 0 aromatic heterocycles. The van der Waals surface area contributed by atoms with E-state index >= 15 is 0 Å². The van der Waals surface area contributed by atoms with Gasteiger partial charge >= 0.3 is 0 Å². The van der Waals surface area contributed by atoms with Gasteiger partial charge < -0.3 is 45.4 Å². The van der Waals surface area contributed by atoms with E-state index in [0.717, 1.165) is 89.9 Å². The van der Waals surface area contributed by atoms with Gasteiger partial charge in [0.2, 0.25) is 5.91 Å². The Bertz CT molecular complexity index is 908. The number of aliphatic hydroxyl groups is 6. The van der Waals surface area contributed by atoms with Gasteiger partial charge in [-0.2, -0.15) is 0 Å². The van der Waals surface area contributed by atoms with Crippen LogP contribution in [0, 0.1) is 0 Å².